The van der Waals surface area contributed by atoms with Crippen LogP contribution in [-0.2, 0) is 0 Å². The molecule has 2 heterocycles. The standard InChI is InChI=1S/C13H27N3/c1-11-9-16(10-12(11)2)8-7-15-5-3-13(14)4-6-15/h11-13H,3-10,14H2,1-2H3. The predicted molar refractivity (Wildman–Crippen MR) is 68.4 cm³/mol. The number of hydrogen-bond donors (Lipinski definition) is 1. The van der Waals surface area contributed by atoms with Crippen molar-refractivity contribution in [1.29, 1.82) is 0 Å². The summed E-state index contributed by atoms with van der Waals surface area (Å²) < 4.78 is 0. The van der Waals surface area contributed by atoms with Crippen molar-refractivity contribution in [3.63, 3.8) is 0 Å². The fourth-order valence-electron chi connectivity index (χ4n) is 2.89. The summed E-state index contributed by atoms with van der Waals surface area (Å²) in [6.45, 7) is 12.3. The van der Waals surface area contributed by atoms with Crippen molar-refractivity contribution in [3.05, 3.63) is 0 Å². The topological polar surface area (TPSA) is 32.5 Å². The molecule has 16 heavy (non-hydrogen) atoms. The van der Waals surface area contributed by atoms with Gasteiger partial charge in [0.2, 0.25) is 0 Å². The van der Waals surface area contributed by atoms with Gasteiger partial charge < -0.3 is 15.5 Å². The Morgan fingerprint density at radius 3 is 2.00 bits per heavy atom. The van der Waals surface area contributed by atoms with Crippen LogP contribution in [-0.4, -0.2) is 55.1 Å². The van der Waals surface area contributed by atoms with Crippen molar-refractivity contribution in [3.8, 4) is 0 Å². The molecule has 0 aromatic heterocycles. The molecule has 2 atom stereocenters. The number of piperidine rings is 1. The fraction of sp³-hybridized carbons (Fsp3) is 1.00. The van der Waals surface area contributed by atoms with Crippen LogP contribution in [0.2, 0.25) is 0 Å². The molecule has 0 aromatic rings. The maximum absolute atomic E-state index is 5.91. The van der Waals surface area contributed by atoms with E-state index in [9.17, 15) is 0 Å². The van der Waals surface area contributed by atoms with Gasteiger partial charge in [-0.1, -0.05) is 13.8 Å². The second kappa shape index (κ2) is 5.48. The Labute approximate surface area is 100.0 Å². The van der Waals surface area contributed by atoms with Crippen LogP contribution in [0.5, 0.6) is 0 Å². The maximum Gasteiger partial charge on any atom is 0.0110 e. The van der Waals surface area contributed by atoms with Gasteiger partial charge in [-0.2, -0.15) is 0 Å². The molecular formula is C13H27N3. The van der Waals surface area contributed by atoms with Gasteiger partial charge >= 0.3 is 0 Å². The Kier molecular flexibility index (Phi) is 4.22. The van der Waals surface area contributed by atoms with Gasteiger partial charge in [0.05, 0.1) is 0 Å². The van der Waals surface area contributed by atoms with Crippen LogP contribution >= 0.6 is 0 Å². The summed E-state index contributed by atoms with van der Waals surface area (Å²) in [5.74, 6) is 1.77. The van der Waals surface area contributed by atoms with Crippen LogP contribution in [0.1, 0.15) is 26.7 Å². The van der Waals surface area contributed by atoms with Gasteiger partial charge in [0, 0.05) is 32.2 Å². The zero-order chi connectivity index (χ0) is 11.5. The molecule has 0 amide bonds. The molecule has 2 unspecified atom stereocenters. The average molecular weight is 225 g/mol. The summed E-state index contributed by atoms with van der Waals surface area (Å²) in [4.78, 5) is 5.21. The van der Waals surface area contributed by atoms with Gasteiger partial charge in [0.1, 0.15) is 0 Å². The monoisotopic (exact) mass is 225 g/mol. The Bertz CT molecular complexity index is 201. The van der Waals surface area contributed by atoms with Crippen molar-refractivity contribution in [2.24, 2.45) is 17.6 Å². The lowest BCUT2D eigenvalue weighted by Crippen LogP contribution is -2.42. The molecule has 2 fully saturated rings. The number of likely N-dealkylation sites (tertiary alicyclic amines) is 2. The Morgan fingerprint density at radius 2 is 1.44 bits per heavy atom. The van der Waals surface area contributed by atoms with E-state index >= 15 is 0 Å². The van der Waals surface area contributed by atoms with E-state index < -0.39 is 0 Å². The van der Waals surface area contributed by atoms with Crippen molar-refractivity contribution in [2.45, 2.75) is 32.7 Å². The Hall–Kier alpha value is -0.120. The molecule has 0 radical (unpaired) electrons. The molecule has 0 spiro atoms. The normalized spacial score (nSPS) is 34.7. The second-order valence-corrected chi connectivity index (χ2v) is 5.89. The minimum Gasteiger partial charge on any atom is -0.328 e. The first kappa shape index (κ1) is 12.3. The number of nitrogens with zero attached hydrogens (tertiary/aromatic N) is 2. The summed E-state index contributed by atoms with van der Waals surface area (Å²) in [6.07, 6.45) is 2.37. The molecule has 0 saturated carbocycles. The van der Waals surface area contributed by atoms with Crippen molar-refractivity contribution >= 4 is 0 Å². The highest BCUT2D eigenvalue weighted by Crippen LogP contribution is 2.21. The molecule has 0 bridgehead atoms. The lowest BCUT2D eigenvalue weighted by atomic mass is 10.0. The lowest BCUT2D eigenvalue weighted by molar-refractivity contribution is 0.183. The molecule has 3 nitrogen and oxygen atoms in total. The van der Waals surface area contributed by atoms with Crippen LogP contribution in [0.4, 0.5) is 0 Å². The molecule has 2 aliphatic rings. The third-order valence-corrected chi connectivity index (χ3v) is 4.43. The molecular weight excluding hydrogens is 198 g/mol. The Morgan fingerprint density at radius 1 is 0.938 bits per heavy atom. The van der Waals surface area contributed by atoms with E-state index in [2.05, 4.69) is 23.6 Å². The van der Waals surface area contributed by atoms with E-state index in [1.165, 1.54) is 52.1 Å². The summed E-state index contributed by atoms with van der Waals surface area (Å²) in [7, 11) is 0. The number of hydrogen-bond acceptors (Lipinski definition) is 3. The highest BCUT2D eigenvalue weighted by molar-refractivity contribution is 4.80. The minimum atomic E-state index is 0.461. The molecule has 0 aromatic carbocycles. The van der Waals surface area contributed by atoms with Gasteiger partial charge in [-0.05, 0) is 37.8 Å². The minimum absolute atomic E-state index is 0.461. The van der Waals surface area contributed by atoms with Gasteiger partial charge in [0.15, 0.2) is 0 Å². The first-order valence-corrected chi connectivity index (χ1v) is 6.85. The first-order valence-electron chi connectivity index (χ1n) is 6.85. The number of nitrogens with two attached hydrogens (primary N) is 1. The molecule has 0 aliphatic carbocycles. The second-order valence-electron chi connectivity index (χ2n) is 5.89. The number of rotatable bonds is 3. The summed E-state index contributed by atoms with van der Waals surface area (Å²) in [5, 5.41) is 0. The van der Waals surface area contributed by atoms with E-state index in [1.807, 2.05) is 0 Å². The molecule has 2 N–H and O–H groups in total. The van der Waals surface area contributed by atoms with E-state index in [1.54, 1.807) is 0 Å². The van der Waals surface area contributed by atoms with Gasteiger partial charge in [-0.15, -0.1) is 0 Å². The maximum atomic E-state index is 5.91. The highest BCUT2D eigenvalue weighted by atomic mass is 15.2. The zero-order valence-electron chi connectivity index (χ0n) is 10.9. The van der Waals surface area contributed by atoms with E-state index in [0.29, 0.717) is 6.04 Å². The van der Waals surface area contributed by atoms with Crippen molar-refractivity contribution in [2.75, 3.05) is 39.3 Å². The van der Waals surface area contributed by atoms with Crippen LogP contribution in [0.3, 0.4) is 0 Å². The highest BCUT2D eigenvalue weighted by Gasteiger charge is 2.26. The van der Waals surface area contributed by atoms with Crippen molar-refractivity contribution in [1.82, 2.24) is 9.80 Å². The third kappa shape index (κ3) is 3.19. The summed E-state index contributed by atoms with van der Waals surface area (Å²) in [6, 6.07) is 0.461. The van der Waals surface area contributed by atoms with Gasteiger partial charge in [-0.3, -0.25) is 0 Å². The van der Waals surface area contributed by atoms with E-state index in [4.69, 9.17) is 5.73 Å². The van der Waals surface area contributed by atoms with Crippen LogP contribution in [0.15, 0.2) is 0 Å². The molecule has 2 rings (SSSR count). The van der Waals surface area contributed by atoms with E-state index in [0.717, 1.165) is 11.8 Å². The molecule has 94 valence electrons. The molecule has 2 saturated heterocycles. The third-order valence-electron chi connectivity index (χ3n) is 4.43. The summed E-state index contributed by atoms with van der Waals surface area (Å²) in [5.41, 5.74) is 5.91. The molecule has 3 heteroatoms. The lowest BCUT2D eigenvalue weighted by Gasteiger charge is -2.31. The SMILES string of the molecule is CC1CN(CCN2CCC(N)CC2)CC1C. The Balaban J connectivity index is 1.64. The predicted octanol–water partition coefficient (Wildman–Crippen LogP) is 0.997. The van der Waals surface area contributed by atoms with E-state index in [-0.39, 0.29) is 0 Å². The molecule has 2 aliphatic heterocycles. The summed E-state index contributed by atoms with van der Waals surface area (Å²) >= 11 is 0. The zero-order valence-corrected chi connectivity index (χ0v) is 10.9. The van der Waals surface area contributed by atoms with Crippen LogP contribution in [0.25, 0.3) is 0 Å². The van der Waals surface area contributed by atoms with Crippen molar-refractivity contribution < 1.29 is 0 Å². The van der Waals surface area contributed by atoms with Crippen LogP contribution in [0, 0.1) is 11.8 Å². The quantitative estimate of drug-likeness (QED) is 0.778. The first-order chi connectivity index (χ1) is 7.65. The largest absolute Gasteiger partial charge is 0.328 e. The average Bonchev–Trinajstić information content (AvgIpc) is 2.58. The fourth-order valence-corrected chi connectivity index (χ4v) is 2.89. The smallest absolute Gasteiger partial charge is 0.0110 e. The van der Waals surface area contributed by atoms with Crippen LogP contribution < -0.4 is 5.73 Å². The van der Waals surface area contributed by atoms with Gasteiger partial charge in [-0.25, -0.2) is 0 Å². The van der Waals surface area contributed by atoms with Gasteiger partial charge in [0.25, 0.3) is 0 Å².